The molecule has 0 unspecified atom stereocenters. The topological polar surface area (TPSA) is 175 Å². The molecule has 0 spiro atoms. The molecule has 4 atom stereocenters. The lowest BCUT2D eigenvalue weighted by Crippen LogP contribution is -2.51. The molecule has 14 nitrogen and oxygen atoms in total. The van der Waals surface area contributed by atoms with E-state index in [1.807, 2.05) is 31.1 Å². The van der Waals surface area contributed by atoms with Crippen LogP contribution in [0.3, 0.4) is 0 Å². The van der Waals surface area contributed by atoms with E-state index in [2.05, 4.69) is 54.6 Å². The van der Waals surface area contributed by atoms with Crippen molar-refractivity contribution in [1.82, 2.24) is 40.4 Å². The number of hydrogen-bond donors (Lipinski definition) is 4. The normalized spacial score (nSPS) is 26.1. The third-order valence-corrected chi connectivity index (χ3v) is 12.8. The van der Waals surface area contributed by atoms with Crippen molar-refractivity contribution < 1.29 is 28.7 Å². The lowest BCUT2D eigenvalue weighted by molar-refractivity contribution is -0.135. The van der Waals surface area contributed by atoms with Gasteiger partial charge in [0.1, 0.15) is 23.7 Å². The minimum Gasteiger partial charge on any atom is -0.453 e. The lowest BCUT2D eigenvalue weighted by Gasteiger charge is -2.53. The van der Waals surface area contributed by atoms with E-state index in [4.69, 9.17) is 9.72 Å². The highest BCUT2D eigenvalue weighted by atomic mass is 16.5. The van der Waals surface area contributed by atoms with Gasteiger partial charge in [0.25, 0.3) is 0 Å². The summed E-state index contributed by atoms with van der Waals surface area (Å²) in [4.78, 5) is 70.9. The van der Waals surface area contributed by atoms with Crippen molar-refractivity contribution in [2.75, 3.05) is 27.3 Å². The highest BCUT2D eigenvalue weighted by Crippen LogP contribution is 2.58. The van der Waals surface area contributed by atoms with Crippen molar-refractivity contribution in [1.29, 1.82) is 0 Å². The van der Waals surface area contributed by atoms with E-state index in [-0.39, 0.29) is 40.6 Å². The van der Waals surface area contributed by atoms with Crippen LogP contribution >= 0.6 is 0 Å². The SMILES string of the molecule is COC(=O)N[C@@H](C)C(=O)N1CCC[C@H]1c1ncc(-c2ccc(C34CCC(c5cnc([C@@H]6CCCN6C(=O)[C@@H](NC(=O)OC)C(C)C)[nH]5)(CC3)CC4)cc2)[nH]1. The average Bonchev–Trinajstić information content (AvgIpc) is 4.03. The summed E-state index contributed by atoms with van der Waals surface area (Å²) in [6.45, 7) is 6.77. The summed E-state index contributed by atoms with van der Waals surface area (Å²) in [5.41, 5.74) is 4.73. The molecule has 0 radical (unpaired) electrons. The van der Waals surface area contributed by atoms with Gasteiger partial charge < -0.3 is 39.9 Å². The number of ether oxygens (including phenoxy) is 2. The molecule has 5 aliphatic rings. The number of fused-ring (bicyclic) bond motifs is 3. The van der Waals surface area contributed by atoms with Gasteiger partial charge in [0.05, 0.1) is 38.2 Å². The summed E-state index contributed by atoms with van der Waals surface area (Å²) in [5, 5.41) is 5.31. The summed E-state index contributed by atoms with van der Waals surface area (Å²) in [6, 6.07) is 7.25. The van der Waals surface area contributed by atoms with Crippen LogP contribution in [0.25, 0.3) is 11.3 Å². The number of likely N-dealkylation sites (tertiary alicyclic amines) is 2. The predicted molar refractivity (Wildman–Crippen MR) is 200 cm³/mol. The Morgan fingerprint density at radius 1 is 0.741 bits per heavy atom. The molecule has 290 valence electrons. The average molecular weight is 743 g/mol. The highest BCUT2D eigenvalue weighted by Gasteiger charge is 2.51. The fraction of sp³-hybridized carbons (Fsp3) is 0.600. The van der Waals surface area contributed by atoms with E-state index in [9.17, 15) is 19.2 Å². The van der Waals surface area contributed by atoms with Gasteiger partial charge in [-0.3, -0.25) is 9.59 Å². The monoisotopic (exact) mass is 742 g/mol. The number of H-pyrrole nitrogens is 2. The first kappa shape index (κ1) is 37.4. The second-order valence-electron chi connectivity index (χ2n) is 16.1. The third kappa shape index (κ3) is 6.95. The molecule has 8 rings (SSSR count). The smallest absolute Gasteiger partial charge is 0.407 e. The fourth-order valence-corrected chi connectivity index (χ4v) is 9.51. The van der Waals surface area contributed by atoms with Crippen molar-refractivity contribution in [3.05, 3.63) is 59.6 Å². The zero-order valence-electron chi connectivity index (χ0n) is 32.1. The number of nitrogens with one attached hydrogen (secondary N) is 4. The van der Waals surface area contributed by atoms with Crippen molar-refractivity contribution >= 4 is 24.0 Å². The van der Waals surface area contributed by atoms with Gasteiger partial charge in [-0.1, -0.05) is 38.1 Å². The van der Waals surface area contributed by atoms with Crippen LogP contribution in [0.4, 0.5) is 9.59 Å². The molecule has 2 aliphatic heterocycles. The second kappa shape index (κ2) is 15.1. The van der Waals surface area contributed by atoms with E-state index in [1.165, 1.54) is 25.5 Å². The Kier molecular flexibility index (Phi) is 10.5. The van der Waals surface area contributed by atoms with Crippen molar-refractivity contribution in [3.8, 4) is 11.3 Å². The molecule has 3 aromatic rings. The summed E-state index contributed by atoms with van der Waals surface area (Å²) < 4.78 is 9.45. The van der Waals surface area contributed by atoms with Crippen molar-refractivity contribution in [2.24, 2.45) is 5.92 Å². The number of rotatable bonds is 10. The molecular weight excluding hydrogens is 688 g/mol. The molecule has 5 fully saturated rings. The van der Waals surface area contributed by atoms with Gasteiger partial charge in [-0.2, -0.15) is 0 Å². The minimum atomic E-state index is -0.692. The van der Waals surface area contributed by atoms with Gasteiger partial charge in [0, 0.05) is 30.4 Å². The molecule has 4 amide bonds. The number of imidazole rings is 2. The standard InChI is InChI=1S/C40H54N8O6/c1-24(2)32(46-38(52)54-5)36(50)48-21-7-9-30(48)34-42-23-31(45-34)40-17-14-39(15-18-40,16-19-40)27-12-10-26(11-13-27)28-22-41-33(44-28)29-8-6-20-47(29)35(49)25(3)43-37(51)53-4/h10-13,22-25,29-30,32H,6-9,14-21H2,1-5H3,(H,41,44)(H,42,45)(H,43,51)(H,46,52)/t25-,29-,30-,32-,39?,40?/m0/s1. The van der Waals surface area contributed by atoms with Gasteiger partial charge in [-0.15, -0.1) is 0 Å². The maximum Gasteiger partial charge on any atom is 0.407 e. The van der Waals surface area contributed by atoms with Gasteiger partial charge in [0.2, 0.25) is 11.8 Å². The number of benzene rings is 1. The number of aromatic nitrogens is 4. The second-order valence-corrected chi connectivity index (χ2v) is 16.1. The largest absolute Gasteiger partial charge is 0.453 e. The lowest BCUT2D eigenvalue weighted by atomic mass is 9.51. The van der Waals surface area contributed by atoms with Gasteiger partial charge in [-0.25, -0.2) is 19.6 Å². The summed E-state index contributed by atoms with van der Waals surface area (Å²) in [5.74, 6) is 1.26. The first-order valence-electron chi connectivity index (χ1n) is 19.5. The van der Waals surface area contributed by atoms with Crippen LogP contribution < -0.4 is 10.6 Å². The zero-order chi connectivity index (χ0) is 38.2. The van der Waals surface area contributed by atoms with Crippen molar-refractivity contribution in [2.45, 2.75) is 120 Å². The van der Waals surface area contributed by atoms with E-state index >= 15 is 0 Å². The molecule has 54 heavy (non-hydrogen) atoms. The molecule has 2 bridgehead atoms. The molecule has 1 aromatic carbocycles. The van der Waals surface area contributed by atoms with Gasteiger partial charge in [-0.05, 0) is 93.6 Å². The number of hydrogen-bond acceptors (Lipinski definition) is 8. The minimum absolute atomic E-state index is 0.0578. The predicted octanol–water partition coefficient (Wildman–Crippen LogP) is 5.80. The quantitative estimate of drug-likeness (QED) is 0.202. The molecule has 14 heteroatoms. The Balaban J connectivity index is 0.989. The number of aromatic amines is 2. The van der Waals surface area contributed by atoms with E-state index in [1.54, 1.807) is 11.8 Å². The Labute approximate surface area is 316 Å². The molecule has 4 heterocycles. The number of alkyl carbamates (subject to hydrolysis) is 2. The Morgan fingerprint density at radius 3 is 1.87 bits per heavy atom. The Morgan fingerprint density at radius 2 is 1.28 bits per heavy atom. The van der Waals surface area contributed by atoms with Crippen LogP contribution in [0.1, 0.15) is 120 Å². The van der Waals surface area contributed by atoms with E-state index < -0.39 is 24.3 Å². The number of amides is 4. The molecule has 2 saturated heterocycles. The first-order valence-corrected chi connectivity index (χ1v) is 19.5. The maximum absolute atomic E-state index is 13.7. The highest BCUT2D eigenvalue weighted by molar-refractivity contribution is 5.87. The van der Waals surface area contributed by atoms with Crippen LogP contribution in [-0.2, 0) is 29.9 Å². The molecular formula is C40H54N8O6. The number of methoxy groups -OCH3 is 2. The summed E-state index contributed by atoms with van der Waals surface area (Å²) >= 11 is 0. The van der Waals surface area contributed by atoms with Crippen LogP contribution in [0, 0.1) is 5.92 Å². The van der Waals surface area contributed by atoms with Gasteiger partial charge in [0.15, 0.2) is 0 Å². The Bertz CT molecular complexity index is 1830. The number of carbonyl (C=O) groups excluding carboxylic acids is 4. The maximum atomic E-state index is 13.7. The third-order valence-electron chi connectivity index (χ3n) is 12.8. The van der Waals surface area contributed by atoms with E-state index in [0.717, 1.165) is 87.1 Å². The molecule has 4 N–H and O–H groups in total. The van der Waals surface area contributed by atoms with Crippen LogP contribution in [0.15, 0.2) is 36.7 Å². The van der Waals surface area contributed by atoms with Gasteiger partial charge >= 0.3 is 12.2 Å². The van der Waals surface area contributed by atoms with E-state index in [0.29, 0.717) is 13.1 Å². The van der Waals surface area contributed by atoms with Crippen molar-refractivity contribution in [3.63, 3.8) is 0 Å². The van der Waals surface area contributed by atoms with Crippen LogP contribution in [0.2, 0.25) is 0 Å². The number of nitrogens with zero attached hydrogens (tertiary/aromatic N) is 4. The molecule has 3 aliphatic carbocycles. The van der Waals surface area contributed by atoms with Crippen LogP contribution in [0.5, 0.6) is 0 Å². The Hall–Kier alpha value is -4.88. The fourth-order valence-electron chi connectivity index (χ4n) is 9.51. The summed E-state index contributed by atoms with van der Waals surface area (Å²) in [6.07, 6.45) is 12.6. The van der Waals surface area contributed by atoms with Crippen LogP contribution in [-0.4, -0.2) is 93.1 Å². The first-order chi connectivity index (χ1) is 26.0. The summed E-state index contributed by atoms with van der Waals surface area (Å²) in [7, 11) is 2.59. The zero-order valence-corrected chi connectivity index (χ0v) is 32.1. The molecule has 3 saturated carbocycles. The molecule has 2 aromatic heterocycles. The number of carbonyl (C=O) groups is 4.